The maximum atomic E-state index is 13.8. The summed E-state index contributed by atoms with van der Waals surface area (Å²) in [6, 6.07) is 12.1. The Morgan fingerprint density at radius 3 is 2.39 bits per heavy atom. The Labute approximate surface area is 105 Å². The minimum Gasteiger partial charge on any atom is -0.465 e. The topological polar surface area (TPSA) is 26.3 Å². The van der Waals surface area contributed by atoms with E-state index in [9.17, 15) is 9.18 Å². The summed E-state index contributed by atoms with van der Waals surface area (Å²) >= 11 is 0. The van der Waals surface area contributed by atoms with Crippen molar-refractivity contribution in [2.24, 2.45) is 0 Å². The molecular weight excluding hydrogens is 231 g/mol. The van der Waals surface area contributed by atoms with Gasteiger partial charge in [0.25, 0.3) is 0 Å². The Morgan fingerprint density at radius 2 is 1.78 bits per heavy atom. The molecule has 0 amide bonds. The molecule has 2 nitrogen and oxygen atoms in total. The number of benzene rings is 2. The number of ether oxygens (including phenoxy) is 1. The average Bonchev–Trinajstić information content (AvgIpc) is 2.38. The van der Waals surface area contributed by atoms with Crippen LogP contribution in [0.25, 0.3) is 11.1 Å². The molecule has 0 bridgehead atoms. The second-order valence-electron chi connectivity index (χ2n) is 4.02. The van der Waals surface area contributed by atoms with E-state index in [-0.39, 0.29) is 5.56 Å². The number of carbonyl (C=O) groups is 1. The molecule has 0 saturated heterocycles. The van der Waals surface area contributed by atoms with E-state index in [4.69, 9.17) is 0 Å². The van der Waals surface area contributed by atoms with E-state index in [0.717, 1.165) is 11.1 Å². The van der Waals surface area contributed by atoms with Gasteiger partial charge in [-0.15, -0.1) is 0 Å². The summed E-state index contributed by atoms with van der Waals surface area (Å²) in [6.45, 7) is 1.97. The van der Waals surface area contributed by atoms with Gasteiger partial charge in [-0.1, -0.05) is 42.0 Å². The normalized spacial score (nSPS) is 10.2. The van der Waals surface area contributed by atoms with Crippen molar-refractivity contribution in [1.82, 2.24) is 0 Å². The fraction of sp³-hybridized carbons (Fsp3) is 0.133. The number of carbonyl (C=O) groups excluding carboxylic acids is 1. The number of hydrogen-bond donors (Lipinski definition) is 0. The van der Waals surface area contributed by atoms with Crippen LogP contribution in [0.5, 0.6) is 0 Å². The van der Waals surface area contributed by atoms with Gasteiger partial charge in [0, 0.05) is 0 Å². The van der Waals surface area contributed by atoms with Crippen LogP contribution in [0.3, 0.4) is 0 Å². The smallest absolute Gasteiger partial charge is 0.341 e. The van der Waals surface area contributed by atoms with E-state index in [1.807, 2.05) is 31.2 Å². The monoisotopic (exact) mass is 244 g/mol. The van der Waals surface area contributed by atoms with Gasteiger partial charge in [0.1, 0.15) is 11.4 Å². The molecule has 0 aliphatic carbocycles. The van der Waals surface area contributed by atoms with E-state index in [1.165, 1.54) is 13.2 Å². The maximum Gasteiger partial charge on any atom is 0.341 e. The standard InChI is InChI=1S/C15H13FO2/c1-10-6-8-11(9-7-10)12-4-3-5-13(16)14(12)15(17)18-2/h3-9H,1-2H3. The summed E-state index contributed by atoms with van der Waals surface area (Å²) in [7, 11) is 1.24. The minimum absolute atomic E-state index is 0.0242. The molecule has 0 aliphatic rings. The van der Waals surface area contributed by atoms with Crippen molar-refractivity contribution in [2.45, 2.75) is 6.92 Å². The summed E-state index contributed by atoms with van der Waals surface area (Å²) in [5.41, 5.74) is 2.42. The van der Waals surface area contributed by atoms with Crippen molar-refractivity contribution in [2.75, 3.05) is 7.11 Å². The van der Waals surface area contributed by atoms with E-state index in [1.54, 1.807) is 12.1 Å². The molecule has 0 unspecified atom stereocenters. The van der Waals surface area contributed by atoms with Gasteiger partial charge in [-0.3, -0.25) is 0 Å². The summed E-state index contributed by atoms with van der Waals surface area (Å²) in [6.07, 6.45) is 0. The zero-order valence-corrected chi connectivity index (χ0v) is 10.2. The van der Waals surface area contributed by atoms with Gasteiger partial charge in [0.2, 0.25) is 0 Å². The van der Waals surface area contributed by atoms with Crippen LogP contribution in [-0.2, 0) is 4.74 Å². The second-order valence-corrected chi connectivity index (χ2v) is 4.02. The van der Waals surface area contributed by atoms with E-state index < -0.39 is 11.8 Å². The Bertz CT molecular complexity index is 574. The summed E-state index contributed by atoms with van der Waals surface area (Å²) in [5, 5.41) is 0. The first-order valence-electron chi connectivity index (χ1n) is 5.57. The molecule has 0 fully saturated rings. The number of hydrogen-bond acceptors (Lipinski definition) is 2. The highest BCUT2D eigenvalue weighted by Gasteiger charge is 2.17. The molecule has 0 heterocycles. The molecule has 0 atom stereocenters. The van der Waals surface area contributed by atoms with Gasteiger partial charge in [-0.25, -0.2) is 9.18 Å². The Hall–Kier alpha value is -2.16. The molecular formula is C15H13FO2. The van der Waals surface area contributed by atoms with Crippen LogP contribution in [0.15, 0.2) is 42.5 Å². The molecule has 92 valence electrons. The van der Waals surface area contributed by atoms with Crippen LogP contribution < -0.4 is 0 Å². The zero-order chi connectivity index (χ0) is 13.1. The van der Waals surface area contributed by atoms with Crippen molar-refractivity contribution in [3.05, 3.63) is 59.4 Å². The number of methoxy groups -OCH3 is 1. The highest BCUT2D eigenvalue weighted by Crippen LogP contribution is 2.26. The molecule has 0 N–H and O–H groups in total. The lowest BCUT2D eigenvalue weighted by atomic mass is 9.98. The van der Waals surface area contributed by atoms with Crippen molar-refractivity contribution >= 4 is 5.97 Å². The minimum atomic E-state index is -0.663. The molecule has 18 heavy (non-hydrogen) atoms. The SMILES string of the molecule is COC(=O)c1c(F)cccc1-c1ccc(C)cc1. The first-order chi connectivity index (χ1) is 8.63. The summed E-state index contributed by atoms with van der Waals surface area (Å²) in [4.78, 5) is 11.6. The number of esters is 1. The maximum absolute atomic E-state index is 13.8. The quantitative estimate of drug-likeness (QED) is 0.755. The van der Waals surface area contributed by atoms with Crippen molar-refractivity contribution in [3.63, 3.8) is 0 Å². The summed E-state index contributed by atoms with van der Waals surface area (Å²) < 4.78 is 18.4. The highest BCUT2D eigenvalue weighted by atomic mass is 19.1. The predicted octanol–water partition coefficient (Wildman–Crippen LogP) is 3.59. The lowest BCUT2D eigenvalue weighted by Crippen LogP contribution is -2.06. The van der Waals surface area contributed by atoms with Gasteiger partial charge in [0.05, 0.1) is 7.11 Å². The molecule has 0 aromatic heterocycles. The average molecular weight is 244 g/mol. The fourth-order valence-electron chi connectivity index (χ4n) is 1.81. The van der Waals surface area contributed by atoms with Crippen molar-refractivity contribution in [3.8, 4) is 11.1 Å². The van der Waals surface area contributed by atoms with Gasteiger partial charge in [0.15, 0.2) is 0 Å². The Kier molecular flexibility index (Phi) is 3.42. The third-order valence-electron chi connectivity index (χ3n) is 2.77. The van der Waals surface area contributed by atoms with Crippen LogP contribution in [0, 0.1) is 12.7 Å². The van der Waals surface area contributed by atoms with Crippen LogP contribution in [-0.4, -0.2) is 13.1 Å². The molecule has 3 heteroatoms. The Balaban J connectivity index is 2.60. The van der Waals surface area contributed by atoms with Crippen LogP contribution in [0.4, 0.5) is 4.39 Å². The summed E-state index contributed by atoms with van der Waals surface area (Å²) in [5.74, 6) is -1.23. The Morgan fingerprint density at radius 1 is 1.11 bits per heavy atom. The van der Waals surface area contributed by atoms with E-state index in [2.05, 4.69) is 4.74 Å². The molecule has 0 radical (unpaired) electrons. The third kappa shape index (κ3) is 2.25. The van der Waals surface area contributed by atoms with E-state index in [0.29, 0.717) is 5.56 Å². The van der Waals surface area contributed by atoms with Crippen LogP contribution in [0.1, 0.15) is 15.9 Å². The van der Waals surface area contributed by atoms with Crippen molar-refractivity contribution < 1.29 is 13.9 Å². The second kappa shape index (κ2) is 5.00. The molecule has 0 spiro atoms. The largest absolute Gasteiger partial charge is 0.465 e. The van der Waals surface area contributed by atoms with Gasteiger partial charge in [-0.2, -0.15) is 0 Å². The van der Waals surface area contributed by atoms with Gasteiger partial charge >= 0.3 is 5.97 Å². The lowest BCUT2D eigenvalue weighted by Gasteiger charge is -2.09. The first kappa shape index (κ1) is 12.3. The molecule has 2 aromatic carbocycles. The van der Waals surface area contributed by atoms with Crippen molar-refractivity contribution in [1.29, 1.82) is 0 Å². The molecule has 2 aromatic rings. The highest BCUT2D eigenvalue weighted by molar-refractivity contribution is 5.97. The van der Waals surface area contributed by atoms with Crippen LogP contribution in [0.2, 0.25) is 0 Å². The van der Waals surface area contributed by atoms with Gasteiger partial charge < -0.3 is 4.74 Å². The molecule has 0 aliphatic heterocycles. The molecule has 0 saturated carbocycles. The predicted molar refractivity (Wildman–Crippen MR) is 67.9 cm³/mol. The number of rotatable bonds is 2. The first-order valence-corrected chi connectivity index (χ1v) is 5.57. The fourth-order valence-corrected chi connectivity index (χ4v) is 1.81. The number of aryl methyl sites for hydroxylation is 1. The number of halogens is 1. The molecule has 2 rings (SSSR count). The van der Waals surface area contributed by atoms with Gasteiger partial charge in [-0.05, 0) is 24.1 Å². The lowest BCUT2D eigenvalue weighted by molar-refractivity contribution is 0.0596. The zero-order valence-electron chi connectivity index (χ0n) is 10.2. The van der Waals surface area contributed by atoms with Crippen LogP contribution >= 0.6 is 0 Å². The van der Waals surface area contributed by atoms with E-state index >= 15 is 0 Å². The third-order valence-corrected chi connectivity index (χ3v) is 2.77.